The molecule has 0 spiro atoms. The third kappa shape index (κ3) is 2.69. The van der Waals surface area contributed by atoms with Crippen LogP contribution in [-0.4, -0.2) is 17.0 Å². The molecule has 0 aliphatic heterocycles. The van der Waals surface area contributed by atoms with E-state index in [4.69, 9.17) is 5.11 Å². The molecule has 1 N–H and O–H groups in total. The van der Waals surface area contributed by atoms with Gasteiger partial charge in [-0.2, -0.15) is 0 Å². The number of carboxylic acids is 2. The average molecular weight is 196 g/mol. The smallest absolute Gasteiger partial charge is 0.549 e. The van der Waals surface area contributed by atoms with Crippen molar-refractivity contribution in [3.63, 3.8) is 0 Å². The van der Waals surface area contributed by atoms with Crippen molar-refractivity contribution in [3.05, 3.63) is 0 Å². The van der Waals surface area contributed by atoms with E-state index in [0.717, 1.165) is 0 Å². The molecule has 0 aromatic heterocycles. The van der Waals surface area contributed by atoms with Crippen LogP contribution in [0.5, 0.6) is 0 Å². The van der Waals surface area contributed by atoms with E-state index in [0.29, 0.717) is 0 Å². The summed E-state index contributed by atoms with van der Waals surface area (Å²) in [4.78, 5) is 21.4. The fraction of sp³-hybridized carbons (Fsp3) is 0.750. The SMILES string of the molecule is CCC(C(=O)[O-])(C(=O)O)C(C)C.[Na+]. The van der Waals surface area contributed by atoms with E-state index in [9.17, 15) is 14.7 Å². The van der Waals surface area contributed by atoms with Crippen LogP contribution in [-0.2, 0) is 9.59 Å². The van der Waals surface area contributed by atoms with Gasteiger partial charge in [0.25, 0.3) is 0 Å². The maximum Gasteiger partial charge on any atom is 1.00 e. The topological polar surface area (TPSA) is 77.4 Å². The number of aliphatic carboxylic acids is 2. The van der Waals surface area contributed by atoms with Crippen LogP contribution in [0.25, 0.3) is 0 Å². The quantitative estimate of drug-likeness (QED) is 0.381. The second-order valence-electron chi connectivity index (χ2n) is 3.07. The first-order valence-electron chi connectivity index (χ1n) is 3.84. The van der Waals surface area contributed by atoms with Gasteiger partial charge in [-0.05, 0) is 12.3 Å². The second-order valence-corrected chi connectivity index (χ2v) is 3.07. The van der Waals surface area contributed by atoms with Gasteiger partial charge in [0.05, 0.1) is 5.97 Å². The van der Waals surface area contributed by atoms with Crippen molar-refractivity contribution in [3.8, 4) is 0 Å². The van der Waals surface area contributed by atoms with Crippen LogP contribution in [0.1, 0.15) is 27.2 Å². The number of hydrogen-bond donors (Lipinski definition) is 1. The average Bonchev–Trinajstić information content (AvgIpc) is 1.86. The Morgan fingerprint density at radius 2 is 1.85 bits per heavy atom. The Morgan fingerprint density at radius 3 is 1.85 bits per heavy atom. The first-order valence-corrected chi connectivity index (χ1v) is 3.84. The molecule has 70 valence electrons. The second kappa shape index (κ2) is 5.62. The van der Waals surface area contributed by atoms with Crippen molar-refractivity contribution >= 4 is 11.9 Å². The summed E-state index contributed by atoms with van der Waals surface area (Å²) in [5.74, 6) is -3.29. The number of hydrogen-bond acceptors (Lipinski definition) is 3. The summed E-state index contributed by atoms with van der Waals surface area (Å²) in [6, 6.07) is 0. The predicted molar refractivity (Wildman–Crippen MR) is 40.2 cm³/mol. The van der Waals surface area contributed by atoms with Gasteiger partial charge in [0.1, 0.15) is 5.41 Å². The van der Waals surface area contributed by atoms with Gasteiger partial charge in [-0.1, -0.05) is 20.8 Å². The summed E-state index contributed by atoms with van der Waals surface area (Å²) in [6.45, 7) is 4.66. The van der Waals surface area contributed by atoms with E-state index < -0.39 is 23.3 Å². The number of carbonyl (C=O) groups excluding carboxylic acids is 1. The Morgan fingerprint density at radius 1 is 1.46 bits per heavy atom. The van der Waals surface area contributed by atoms with Crippen LogP contribution in [0, 0.1) is 11.3 Å². The van der Waals surface area contributed by atoms with Gasteiger partial charge in [0.15, 0.2) is 0 Å². The van der Waals surface area contributed by atoms with Gasteiger partial charge < -0.3 is 15.0 Å². The minimum atomic E-state index is -1.74. The minimum absolute atomic E-state index is 0. The number of rotatable bonds is 4. The largest absolute Gasteiger partial charge is 1.00 e. The van der Waals surface area contributed by atoms with Crippen molar-refractivity contribution in [1.82, 2.24) is 0 Å². The Balaban J connectivity index is 0. The molecule has 0 saturated heterocycles. The summed E-state index contributed by atoms with van der Waals surface area (Å²) >= 11 is 0. The molecule has 4 nitrogen and oxygen atoms in total. The molecule has 0 saturated carbocycles. The molecule has 1 atom stereocenters. The van der Waals surface area contributed by atoms with Gasteiger partial charge in [-0.3, -0.25) is 4.79 Å². The molecule has 0 heterocycles. The zero-order chi connectivity index (χ0) is 9.94. The Bertz CT molecular complexity index is 186. The van der Waals surface area contributed by atoms with Gasteiger partial charge in [0.2, 0.25) is 0 Å². The summed E-state index contributed by atoms with van der Waals surface area (Å²) in [5, 5.41) is 19.4. The van der Waals surface area contributed by atoms with Crippen molar-refractivity contribution in [2.75, 3.05) is 0 Å². The summed E-state index contributed by atoms with van der Waals surface area (Å²) in [6.07, 6.45) is 0.0440. The third-order valence-electron chi connectivity index (χ3n) is 2.29. The van der Waals surface area contributed by atoms with Gasteiger partial charge in [-0.15, -0.1) is 0 Å². The van der Waals surface area contributed by atoms with E-state index in [1.807, 2.05) is 0 Å². The Kier molecular flexibility index (Phi) is 6.67. The molecule has 0 rings (SSSR count). The van der Waals surface area contributed by atoms with Crippen LogP contribution < -0.4 is 34.7 Å². The van der Waals surface area contributed by atoms with E-state index in [-0.39, 0.29) is 36.0 Å². The van der Waals surface area contributed by atoms with Crippen LogP contribution in [0.4, 0.5) is 0 Å². The fourth-order valence-electron chi connectivity index (χ4n) is 1.27. The van der Waals surface area contributed by atoms with Crippen molar-refractivity contribution in [1.29, 1.82) is 0 Å². The van der Waals surface area contributed by atoms with Gasteiger partial charge >= 0.3 is 35.5 Å². The molecule has 5 heteroatoms. The van der Waals surface area contributed by atoms with Gasteiger partial charge in [-0.25, -0.2) is 0 Å². The van der Waals surface area contributed by atoms with Crippen molar-refractivity contribution in [2.45, 2.75) is 27.2 Å². The number of carbonyl (C=O) groups is 2. The molecular weight excluding hydrogens is 183 g/mol. The van der Waals surface area contributed by atoms with E-state index in [2.05, 4.69) is 0 Å². The standard InChI is InChI=1S/C8H14O4.Na/c1-4-8(5(2)3,6(9)10)7(11)12;/h5H,4H2,1-3H3,(H,9,10)(H,11,12);/q;+1/p-1. The molecule has 0 aromatic carbocycles. The summed E-state index contributed by atoms with van der Waals surface area (Å²) in [7, 11) is 0. The Hall–Kier alpha value is -0.0600. The summed E-state index contributed by atoms with van der Waals surface area (Å²) < 4.78 is 0. The molecule has 0 aromatic rings. The monoisotopic (exact) mass is 196 g/mol. The molecule has 1 unspecified atom stereocenters. The van der Waals surface area contributed by atoms with E-state index in [1.165, 1.54) is 6.92 Å². The Labute approximate surface area is 99.6 Å². The molecule has 0 aliphatic rings. The molecule has 0 aliphatic carbocycles. The third-order valence-corrected chi connectivity index (χ3v) is 2.29. The zero-order valence-electron chi connectivity index (χ0n) is 8.46. The normalized spacial score (nSPS) is 14.5. The summed E-state index contributed by atoms with van der Waals surface area (Å²) in [5.41, 5.74) is -1.74. The maximum absolute atomic E-state index is 10.7. The molecule has 0 amide bonds. The van der Waals surface area contributed by atoms with E-state index >= 15 is 0 Å². The molecular formula is C8H13NaO4. The predicted octanol–water partition coefficient (Wildman–Crippen LogP) is -3.12. The van der Waals surface area contributed by atoms with Crippen LogP contribution in [0.2, 0.25) is 0 Å². The zero-order valence-corrected chi connectivity index (χ0v) is 10.5. The number of carboxylic acid groups (broad SMARTS) is 2. The van der Waals surface area contributed by atoms with Crippen LogP contribution in [0.3, 0.4) is 0 Å². The molecule has 0 radical (unpaired) electrons. The van der Waals surface area contributed by atoms with Crippen LogP contribution in [0.15, 0.2) is 0 Å². The maximum atomic E-state index is 10.7. The van der Waals surface area contributed by atoms with Crippen molar-refractivity contribution in [2.24, 2.45) is 11.3 Å². The fourth-order valence-corrected chi connectivity index (χ4v) is 1.27. The van der Waals surface area contributed by atoms with E-state index in [1.54, 1.807) is 13.8 Å². The van der Waals surface area contributed by atoms with Crippen molar-refractivity contribution < 1.29 is 49.4 Å². The van der Waals surface area contributed by atoms with Gasteiger partial charge in [0, 0.05) is 0 Å². The molecule has 0 bridgehead atoms. The van der Waals surface area contributed by atoms with Crippen LogP contribution >= 0.6 is 0 Å². The molecule has 0 fully saturated rings. The minimum Gasteiger partial charge on any atom is -0.549 e. The molecule has 13 heavy (non-hydrogen) atoms. The first kappa shape index (κ1) is 15.4. The first-order chi connectivity index (χ1) is 5.39.